The Morgan fingerprint density at radius 1 is 1.23 bits per heavy atom. The molecule has 1 aromatic carbocycles. The predicted molar refractivity (Wildman–Crippen MR) is 108 cm³/mol. The summed E-state index contributed by atoms with van der Waals surface area (Å²) in [6, 6.07) is 1.58. The van der Waals surface area contributed by atoms with Gasteiger partial charge in [0.15, 0.2) is 23.3 Å². The summed E-state index contributed by atoms with van der Waals surface area (Å²) in [5.41, 5.74) is 0.728. The lowest BCUT2D eigenvalue weighted by Gasteiger charge is -2.39. The van der Waals surface area contributed by atoms with Crippen molar-refractivity contribution in [1.29, 1.82) is 0 Å². The van der Waals surface area contributed by atoms with Crippen LogP contribution in [0.3, 0.4) is 0 Å². The molecule has 3 aliphatic rings. The largest absolute Gasteiger partial charge is 0.490 e. The molecule has 1 atom stereocenters. The van der Waals surface area contributed by atoms with Gasteiger partial charge in [-0.15, -0.1) is 0 Å². The molecule has 1 N–H and O–H groups in total. The number of benzene rings is 1. The zero-order valence-electron chi connectivity index (χ0n) is 16.9. The van der Waals surface area contributed by atoms with Gasteiger partial charge in [0.05, 0.1) is 6.20 Å². The number of rotatable bonds is 5. The number of likely N-dealkylation sites (N-methyl/N-ethyl adjacent to an activating group) is 1. The van der Waals surface area contributed by atoms with E-state index in [-0.39, 0.29) is 29.8 Å². The first kappa shape index (κ1) is 19.9. The molecule has 0 unspecified atom stereocenters. The van der Waals surface area contributed by atoms with Crippen molar-refractivity contribution in [2.45, 2.75) is 50.8 Å². The first-order valence-electron chi connectivity index (χ1n) is 10.5. The molecule has 2 fully saturated rings. The Morgan fingerprint density at radius 3 is 2.68 bits per heavy atom. The number of hydrogen-bond acceptors (Lipinski definition) is 6. The fraction of sp³-hybridized carbons (Fsp3) is 0.476. The summed E-state index contributed by atoms with van der Waals surface area (Å²) in [5, 5.41) is 3.26. The molecule has 7 nitrogen and oxygen atoms in total. The van der Waals surface area contributed by atoms with Crippen LogP contribution in [0.25, 0.3) is 0 Å². The quantitative estimate of drug-likeness (QED) is 0.730. The highest BCUT2D eigenvalue weighted by atomic mass is 19.2. The molecule has 1 aromatic heterocycles. The van der Waals surface area contributed by atoms with Gasteiger partial charge in [0.1, 0.15) is 23.6 Å². The van der Waals surface area contributed by atoms with Crippen molar-refractivity contribution in [2.75, 3.05) is 28.2 Å². The third-order valence-electron chi connectivity index (χ3n) is 6.12. The highest BCUT2D eigenvalue weighted by Crippen LogP contribution is 2.39. The van der Waals surface area contributed by atoms with Gasteiger partial charge in [-0.1, -0.05) is 0 Å². The molecule has 5 rings (SSSR count). The molecule has 2 aromatic rings. The van der Waals surface area contributed by atoms with Gasteiger partial charge in [0.2, 0.25) is 11.9 Å². The molecule has 3 heterocycles. The molecule has 1 saturated heterocycles. The summed E-state index contributed by atoms with van der Waals surface area (Å²) in [5.74, 6) is -2.74. The highest BCUT2D eigenvalue weighted by molar-refractivity contribution is 6.05. The molecule has 1 amide bonds. The number of aromatic nitrogens is 2. The number of anilines is 3. The van der Waals surface area contributed by atoms with Gasteiger partial charge in [0.25, 0.3) is 0 Å². The van der Waals surface area contributed by atoms with Gasteiger partial charge in [-0.3, -0.25) is 4.79 Å². The molecule has 0 bridgehead atoms. The Balaban J connectivity index is 1.25. The molecular weight excluding hydrogens is 411 g/mol. The number of carbonyl (C=O) groups is 1. The van der Waals surface area contributed by atoms with E-state index in [4.69, 9.17) is 4.74 Å². The molecule has 1 aliphatic carbocycles. The van der Waals surface area contributed by atoms with E-state index in [1.54, 1.807) is 11.1 Å². The van der Waals surface area contributed by atoms with Crippen LogP contribution in [0.1, 0.15) is 32.6 Å². The number of hydrogen-bond donors (Lipinski definition) is 1. The molecule has 164 valence electrons. The summed E-state index contributed by atoms with van der Waals surface area (Å²) < 4.78 is 45.3. The third kappa shape index (κ3) is 3.43. The minimum atomic E-state index is -1.51. The Morgan fingerprint density at radius 2 is 1.97 bits per heavy atom. The van der Waals surface area contributed by atoms with Gasteiger partial charge >= 0.3 is 0 Å². The van der Waals surface area contributed by atoms with Crippen molar-refractivity contribution in [3.63, 3.8) is 0 Å². The Kier molecular flexibility index (Phi) is 4.86. The monoisotopic (exact) mass is 433 g/mol. The lowest BCUT2D eigenvalue weighted by atomic mass is 9.89. The van der Waals surface area contributed by atoms with E-state index in [2.05, 4.69) is 20.2 Å². The van der Waals surface area contributed by atoms with Crippen LogP contribution in [-0.2, 0) is 4.79 Å². The second-order valence-corrected chi connectivity index (χ2v) is 8.09. The maximum absolute atomic E-state index is 13.3. The van der Waals surface area contributed by atoms with E-state index in [9.17, 15) is 18.0 Å². The molecular formula is C21H22F3N5O2. The van der Waals surface area contributed by atoms with E-state index >= 15 is 0 Å². The normalized spacial score (nSPS) is 24.5. The predicted octanol–water partition coefficient (Wildman–Crippen LogP) is 3.25. The lowest BCUT2D eigenvalue weighted by Crippen LogP contribution is -2.51. The Labute approximate surface area is 177 Å². The summed E-state index contributed by atoms with van der Waals surface area (Å²) in [6.07, 6.45) is 4.40. The van der Waals surface area contributed by atoms with Gasteiger partial charge < -0.3 is 19.9 Å². The van der Waals surface area contributed by atoms with Crippen molar-refractivity contribution < 1.29 is 22.7 Å². The van der Waals surface area contributed by atoms with Crippen LogP contribution >= 0.6 is 0 Å². The van der Waals surface area contributed by atoms with Gasteiger partial charge in [-0.2, -0.15) is 4.98 Å². The second kappa shape index (κ2) is 7.58. The summed E-state index contributed by atoms with van der Waals surface area (Å²) in [6.45, 7) is 3.30. The van der Waals surface area contributed by atoms with Gasteiger partial charge in [-0.25, -0.2) is 18.2 Å². The van der Waals surface area contributed by atoms with Crippen molar-refractivity contribution in [1.82, 2.24) is 9.97 Å². The summed E-state index contributed by atoms with van der Waals surface area (Å²) >= 11 is 0. The minimum absolute atomic E-state index is 0.0331. The van der Waals surface area contributed by atoms with Crippen LogP contribution in [-0.4, -0.2) is 47.2 Å². The zero-order chi connectivity index (χ0) is 21.7. The summed E-state index contributed by atoms with van der Waals surface area (Å²) in [4.78, 5) is 25.5. The average Bonchev–Trinajstić information content (AvgIpc) is 3.21. The SMILES string of the molecule is CCN1C(=O)[C@H]2CCCN2c2nc(NC3CC(Oc4cc(F)c(F)c(F)c4)C3)ncc21. The van der Waals surface area contributed by atoms with Crippen LogP contribution in [0.15, 0.2) is 18.3 Å². The maximum atomic E-state index is 13.3. The number of halogens is 3. The average molecular weight is 433 g/mol. The molecule has 10 heteroatoms. The third-order valence-corrected chi connectivity index (χ3v) is 6.12. The van der Waals surface area contributed by atoms with Crippen LogP contribution in [0.4, 0.5) is 30.6 Å². The van der Waals surface area contributed by atoms with E-state index < -0.39 is 17.5 Å². The van der Waals surface area contributed by atoms with E-state index in [1.807, 2.05) is 6.92 Å². The number of nitrogens with zero attached hydrogens (tertiary/aromatic N) is 4. The molecule has 2 aliphatic heterocycles. The second-order valence-electron chi connectivity index (χ2n) is 8.09. The highest BCUT2D eigenvalue weighted by Gasteiger charge is 2.42. The van der Waals surface area contributed by atoms with Crippen molar-refractivity contribution in [2.24, 2.45) is 0 Å². The fourth-order valence-corrected chi connectivity index (χ4v) is 4.49. The van der Waals surface area contributed by atoms with Crippen molar-refractivity contribution in [3.05, 3.63) is 35.8 Å². The number of nitrogens with one attached hydrogen (secondary N) is 1. The van der Waals surface area contributed by atoms with Crippen LogP contribution in [0.2, 0.25) is 0 Å². The van der Waals surface area contributed by atoms with Crippen molar-refractivity contribution in [3.8, 4) is 5.75 Å². The van der Waals surface area contributed by atoms with E-state index in [1.165, 1.54) is 0 Å². The Bertz CT molecular complexity index is 1010. The smallest absolute Gasteiger partial charge is 0.249 e. The molecule has 0 radical (unpaired) electrons. The van der Waals surface area contributed by atoms with Crippen LogP contribution in [0, 0.1) is 17.5 Å². The van der Waals surface area contributed by atoms with Gasteiger partial charge in [0, 0.05) is 44.1 Å². The standard InChI is InChI=1S/C21H22F3N5O2/c1-2-28-17-10-25-21(27-19(17)29-5-3-4-16(29)20(28)30)26-11-6-12(7-11)31-13-8-14(22)18(24)15(23)9-13/h8-12,16H,2-7H2,1H3,(H,25,26,27)/t11?,12?,16-/m1/s1. The molecule has 31 heavy (non-hydrogen) atoms. The Hall–Kier alpha value is -3.04. The maximum Gasteiger partial charge on any atom is 0.249 e. The number of ether oxygens (including phenoxy) is 1. The minimum Gasteiger partial charge on any atom is -0.490 e. The number of amides is 1. The number of fused-ring (bicyclic) bond motifs is 3. The number of carbonyl (C=O) groups excluding carboxylic acids is 1. The zero-order valence-corrected chi connectivity index (χ0v) is 16.9. The van der Waals surface area contributed by atoms with Crippen molar-refractivity contribution >= 4 is 23.4 Å². The van der Waals surface area contributed by atoms with Crippen LogP contribution in [0.5, 0.6) is 5.75 Å². The van der Waals surface area contributed by atoms with E-state index in [0.717, 1.165) is 43.0 Å². The van der Waals surface area contributed by atoms with Crippen LogP contribution < -0.4 is 19.9 Å². The topological polar surface area (TPSA) is 70.6 Å². The lowest BCUT2D eigenvalue weighted by molar-refractivity contribution is -0.119. The summed E-state index contributed by atoms with van der Waals surface area (Å²) in [7, 11) is 0. The van der Waals surface area contributed by atoms with E-state index in [0.29, 0.717) is 25.3 Å². The molecule has 1 saturated carbocycles. The van der Waals surface area contributed by atoms with Gasteiger partial charge in [-0.05, 0) is 19.8 Å². The first-order chi connectivity index (χ1) is 14.9. The fourth-order valence-electron chi connectivity index (χ4n) is 4.49. The molecule has 0 spiro atoms. The first-order valence-corrected chi connectivity index (χ1v) is 10.5.